The summed E-state index contributed by atoms with van der Waals surface area (Å²) in [6.07, 6.45) is -33.3. The van der Waals surface area contributed by atoms with Crippen LogP contribution in [0.3, 0.4) is 0 Å². The molecule has 20 N–H and O–H groups in total. The number of carboxylic acids is 2. The minimum absolute atomic E-state index is 0.156. The number of aliphatic hydroxyl groups excluding tert-OH is 20. The lowest BCUT2D eigenvalue weighted by molar-refractivity contribution is -0.668. The summed E-state index contributed by atoms with van der Waals surface area (Å²) in [5, 5.41) is 217. The normalized spacial score (nSPS) is 19.1. The number of hydrogen-bond acceptors (Lipinski definition) is 28. The molecule has 0 saturated carbocycles. The van der Waals surface area contributed by atoms with E-state index in [0.717, 1.165) is 48.2 Å². The third-order valence-corrected chi connectivity index (χ3v) is 17.6. The van der Waals surface area contributed by atoms with Crippen molar-refractivity contribution in [3.8, 4) is 0 Å². The Morgan fingerprint density at radius 3 is 0.853 bits per heavy atom. The highest BCUT2D eigenvalue weighted by molar-refractivity contribution is 5.98. The third kappa shape index (κ3) is 25.1. The standard InChI is InChI=1S/2C29H49N4O11.2C2HF3O2/c2*1-3-30-16-31(4-2)20-11-17(5-6-19(20)30)29(44)32-9-7-18(8-10-32)33(12-21(36)25(40)27(42)23(38)14-34)13-22(37)26(41)28(43)24(39)15-35;2*3-2(4,5)1(6)7/h2*5-6,11,16,18,21-28,34-43H,3-4,7-10,12-15H2,1-2H3;2*(H,6,7)/q2*+1;;/p-2/t2*21-,22-,23+,24+,25+,26+,27+,28+;;/m00../s1. The number of carbonyl (C=O) groups excluding carboxylic acids is 4. The van der Waals surface area contributed by atoms with Crippen LogP contribution in [-0.4, -0.2) is 356 Å². The van der Waals surface area contributed by atoms with Crippen LogP contribution >= 0.6 is 0 Å². The van der Waals surface area contributed by atoms with Crippen molar-refractivity contribution in [2.75, 3.05) is 78.8 Å². The van der Waals surface area contributed by atoms with Crippen molar-refractivity contribution < 1.29 is 167 Å². The lowest BCUT2D eigenvalue weighted by atomic mass is 9.97. The van der Waals surface area contributed by atoms with Crippen LogP contribution in [0.2, 0.25) is 0 Å². The zero-order valence-electron chi connectivity index (χ0n) is 56.4. The van der Waals surface area contributed by atoms with Crippen molar-refractivity contribution in [1.82, 2.24) is 28.7 Å². The number of likely N-dealkylation sites (tertiary alicyclic amines) is 2. The van der Waals surface area contributed by atoms with E-state index in [9.17, 15) is 118 Å². The number of aryl methyl sites for hydroxylation is 4. The zero-order chi connectivity index (χ0) is 77.6. The van der Waals surface area contributed by atoms with Crippen LogP contribution in [0.25, 0.3) is 22.1 Å². The van der Waals surface area contributed by atoms with E-state index in [1.165, 1.54) is 9.80 Å². The minimum Gasteiger partial charge on any atom is -0.542 e. The van der Waals surface area contributed by atoms with E-state index >= 15 is 0 Å². The minimum atomic E-state index is -5.19. The number of aliphatic hydroxyl groups is 20. The first-order chi connectivity index (χ1) is 47.6. The summed E-state index contributed by atoms with van der Waals surface area (Å²) in [6.45, 7) is 7.69. The maximum Gasteiger partial charge on any atom is 0.430 e. The SMILES string of the molecule is CCn1c[n+](CC)c2ccc(C(=O)N3CCC(N(C[C@H](O)[C@@H](O)[C@H](O)[C@H](O)CO)C[C@H](O)[C@@H](O)[C@H](O)[C@H](O)CO)CC3)cc21.CCn1c[n+](CC)c2ccc(C(=O)N3CCC(N(C[C@H](O)[C@@H](O)[C@H](O)[C@H](O)CO)C[C@H](O)[C@@H](O)[C@H](O)[C@H](O)CO)CC3)cc21.O=C([O-])C(F)(F)F.O=C([O-])C(F)(F)F. The van der Waals surface area contributed by atoms with Crippen molar-refractivity contribution >= 4 is 45.8 Å². The molecule has 0 unspecified atom stereocenters. The van der Waals surface area contributed by atoms with Crippen LogP contribution in [-0.2, 0) is 35.8 Å². The highest BCUT2D eigenvalue weighted by Crippen LogP contribution is 2.26. The highest BCUT2D eigenvalue weighted by Gasteiger charge is 2.41. The topological polar surface area (TPSA) is 550 Å². The Balaban J connectivity index is 0.000000445. The lowest BCUT2D eigenvalue weighted by Gasteiger charge is -2.41. The Kier molecular flexibility index (Phi) is 36.8. The number of carboxylic acid groups (broad SMARTS) is 2. The van der Waals surface area contributed by atoms with Gasteiger partial charge in [0.05, 0.1) is 77.0 Å². The van der Waals surface area contributed by atoms with Gasteiger partial charge in [-0.3, -0.25) is 19.4 Å². The molecule has 2 saturated heterocycles. The Labute approximate surface area is 580 Å². The molecule has 40 heteroatoms. The van der Waals surface area contributed by atoms with Gasteiger partial charge in [-0.1, -0.05) is 0 Å². The molecule has 2 amide bonds. The summed E-state index contributed by atoms with van der Waals surface area (Å²) in [6, 6.07) is 10.4. The summed E-state index contributed by atoms with van der Waals surface area (Å²) in [5.41, 5.74) is 5.01. The van der Waals surface area contributed by atoms with E-state index in [1.807, 2.05) is 64.6 Å². The predicted octanol–water partition coefficient (Wildman–Crippen LogP) is -9.91. The molecule has 0 aliphatic carbocycles. The second kappa shape index (κ2) is 41.6. The van der Waals surface area contributed by atoms with Gasteiger partial charge in [-0.2, -0.15) is 26.3 Å². The molecular weight excluding hydrogens is 1390 g/mol. The van der Waals surface area contributed by atoms with Gasteiger partial charge >= 0.3 is 12.4 Å². The lowest BCUT2D eigenvalue weighted by Crippen LogP contribution is -2.56. The van der Waals surface area contributed by atoms with Gasteiger partial charge in [0.2, 0.25) is 12.7 Å². The number of hydrogen-bond donors (Lipinski definition) is 20. The van der Waals surface area contributed by atoms with Gasteiger partial charge in [0, 0.05) is 87.7 Å². The molecule has 0 radical (unpaired) electrons. The predicted molar refractivity (Wildman–Crippen MR) is 335 cm³/mol. The molecule has 2 aromatic heterocycles. The molecule has 2 fully saturated rings. The highest BCUT2D eigenvalue weighted by atomic mass is 19.4. The van der Waals surface area contributed by atoms with Crippen molar-refractivity contribution in [2.24, 2.45) is 0 Å². The number of nitrogens with zero attached hydrogens (tertiary/aromatic N) is 8. The Bertz CT molecular complexity index is 2930. The second-order valence-corrected chi connectivity index (χ2v) is 24.5. The van der Waals surface area contributed by atoms with Gasteiger partial charge in [-0.05, 0) is 77.6 Å². The second-order valence-electron chi connectivity index (χ2n) is 24.5. The molecule has 4 aromatic rings. The fourth-order valence-electron chi connectivity index (χ4n) is 11.5. The molecule has 2 aliphatic heterocycles. The van der Waals surface area contributed by atoms with E-state index < -0.39 is 148 Å². The van der Waals surface area contributed by atoms with Crippen molar-refractivity contribution in [2.45, 2.75) is 202 Å². The van der Waals surface area contributed by atoms with Gasteiger partial charge in [0.25, 0.3) is 11.8 Å². The molecular formula is C62H98F6N8O26. The average molecular weight is 1490 g/mol. The number of rotatable bonds is 32. The molecule has 0 spiro atoms. The summed E-state index contributed by atoms with van der Waals surface area (Å²) >= 11 is 0. The Hall–Kier alpha value is -6.04. The van der Waals surface area contributed by atoms with Crippen LogP contribution < -0.4 is 19.3 Å². The monoisotopic (exact) mass is 1480 g/mol. The van der Waals surface area contributed by atoms with Crippen LogP contribution in [0.5, 0.6) is 0 Å². The fourth-order valence-corrected chi connectivity index (χ4v) is 11.5. The number of carbonyl (C=O) groups is 4. The number of piperidine rings is 2. The van der Waals surface area contributed by atoms with Crippen LogP contribution in [0, 0.1) is 0 Å². The number of aromatic nitrogens is 4. The van der Waals surface area contributed by atoms with Gasteiger partial charge in [-0.25, -0.2) is 18.3 Å². The molecule has 6 rings (SSSR count). The van der Waals surface area contributed by atoms with E-state index in [1.54, 1.807) is 21.9 Å². The van der Waals surface area contributed by atoms with Crippen molar-refractivity contribution in [3.63, 3.8) is 0 Å². The zero-order valence-corrected chi connectivity index (χ0v) is 56.4. The van der Waals surface area contributed by atoms with Crippen molar-refractivity contribution in [1.29, 1.82) is 0 Å². The number of benzene rings is 2. The molecule has 2 aliphatic rings. The quantitative estimate of drug-likeness (QED) is 0.0159. The summed E-state index contributed by atoms with van der Waals surface area (Å²) < 4.78 is 71.5. The maximum atomic E-state index is 13.5. The number of alkyl halides is 6. The molecule has 4 heterocycles. The number of imidazole rings is 2. The summed E-state index contributed by atoms with van der Waals surface area (Å²) in [5.74, 6) is -6.33. The number of aliphatic carboxylic acids is 2. The van der Waals surface area contributed by atoms with Gasteiger partial charge in [0.15, 0.2) is 22.1 Å². The smallest absolute Gasteiger partial charge is 0.430 e. The maximum absolute atomic E-state index is 13.5. The first-order valence-corrected chi connectivity index (χ1v) is 32.6. The fraction of sp³-hybridized carbons (Fsp3) is 0.710. The van der Waals surface area contributed by atoms with Crippen LogP contribution in [0.1, 0.15) is 74.1 Å². The molecule has 584 valence electrons. The molecule has 16 atom stereocenters. The van der Waals surface area contributed by atoms with E-state index in [0.29, 0.717) is 63.0 Å². The molecule has 2 aromatic carbocycles. The first-order valence-electron chi connectivity index (χ1n) is 32.6. The van der Waals surface area contributed by atoms with Gasteiger partial charge < -0.3 is 132 Å². The van der Waals surface area contributed by atoms with Crippen molar-refractivity contribution in [3.05, 3.63) is 60.2 Å². The van der Waals surface area contributed by atoms with Crippen LogP contribution in [0.15, 0.2) is 49.1 Å². The number of halogens is 6. The molecule has 102 heavy (non-hydrogen) atoms. The first kappa shape index (κ1) is 90.2. The average Bonchev–Trinajstić information content (AvgIpc) is 1.62. The molecule has 0 bridgehead atoms. The largest absolute Gasteiger partial charge is 0.542 e. The summed E-state index contributed by atoms with van der Waals surface area (Å²) in [7, 11) is 0. The van der Waals surface area contributed by atoms with E-state index in [2.05, 4.69) is 18.3 Å². The van der Waals surface area contributed by atoms with Crippen LogP contribution in [0.4, 0.5) is 26.3 Å². The van der Waals surface area contributed by atoms with E-state index in [4.69, 9.17) is 40.2 Å². The third-order valence-electron chi connectivity index (χ3n) is 17.6. The Morgan fingerprint density at radius 1 is 0.431 bits per heavy atom. The number of fused-ring (bicyclic) bond motifs is 2. The summed E-state index contributed by atoms with van der Waals surface area (Å²) in [4.78, 5) is 51.0. The number of amides is 2. The van der Waals surface area contributed by atoms with E-state index in [-0.39, 0.29) is 50.1 Å². The van der Waals surface area contributed by atoms with Gasteiger partial charge in [-0.15, -0.1) is 0 Å². The molecule has 34 nitrogen and oxygen atoms in total. The Morgan fingerprint density at radius 2 is 0.657 bits per heavy atom. The van der Waals surface area contributed by atoms with Gasteiger partial charge in [0.1, 0.15) is 85.2 Å².